The van der Waals surface area contributed by atoms with Crippen LogP contribution in [0.2, 0.25) is 0 Å². The molecule has 0 aliphatic carbocycles. The second-order valence-electron chi connectivity index (χ2n) is 4.56. The molecular weight excluding hydrogens is 255 g/mol. The molecule has 20 heavy (non-hydrogen) atoms. The van der Waals surface area contributed by atoms with Gasteiger partial charge >= 0.3 is 0 Å². The summed E-state index contributed by atoms with van der Waals surface area (Å²) in [5.41, 5.74) is 1.69. The standard InChI is InChI=1S/C16H13FN2O/c1-19(15-9-5-3-7-13(15)17)16(20)12-10-18-14-8-4-2-6-11(12)14/h2-10,18H,1H3. The number of anilines is 1. The van der Waals surface area contributed by atoms with Crippen molar-refractivity contribution in [2.24, 2.45) is 0 Å². The van der Waals surface area contributed by atoms with Crippen molar-refractivity contribution >= 4 is 22.5 Å². The van der Waals surface area contributed by atoms with Gasteiger partial charge in [-0.3, -0.25) is 4.79 Å². The SMILES string of the molecule is CN(C(=O)c1c[nH]c2ccccc12)c1ccccc1F. The fourth-order valence-corrected chi connectivity index (χ4v) is 2.26. The zero-order valence-electron chi connectivity index (χ0n) is 10.9. The minimum Gasteiger partial charge on any atom is -0.360 e. The molecule has 0 spiro atoms. The first-order chi connectivity index (χ1) is 9.68. The van der Waals surface area contributed by atoms with E-state index in [2.05, 4.69) is 4.98 Å². The van der Waals surface area contributed by atoms with E-state index in [1.165, 1.54) is 11.0 Å². The Labute approximate surface area is 115 Å². The number of nitrogens with zero attached hydrogens (tertiary/aromatic N) is 1. The predicted molar refractivity (Wildman–Crippen MR) is 77.4 cm³/mol. The van der Waals surface area contributed by atoms with Gasteiger partial charge in [0.05, 0.1) is 11.3 Å². The number of hydrogen-bond donors (Lipinski definition) is 1. The Hall–Kier alpha value is -2.62. The summed E-state index contributed by atoms with van der Waals surface area (Å²) in [4.78, 5) is 16.9. The summed E-state index contributed by atoms with van der Waals surface area (Å²) in [6.07, 6.45) is 1.66. The molecule has 1 amide bonds. The van der Waals surface area contributed by atoms with Gasteiger partial charge in [0.25, 0.3) is 5.91 Å². The van der Waals surface area contributed by atoms with Crippen LogP contribution in [0.15, 0.2) is 54.7 Å². The monoisotopic (exact) mass is 268 g/mol. The number of H-pyrrole nitrogens is 1. The summed E-state index contributed by atoms with van der Waals surface area (Å²) < 4.78 is 13.8. The number of halogens is 1. The molecule has 4 heteroatoms. The molecule has 100 valence electrons. The Morgan fingerprint density at radius 1 is 1.10 bits per heavy atom. The largest absolute Gasteiger partial charge is 0.360 e. The number of para-hydroxylation sites is 2. The van der Waals surface area contributed by atoms with Crippen molar-refractivity contribution in [3.63, 3.8) is 0 Å². The van der Waals surface area contributed by atoms with Gasteiger partial charge in [-0.25, -0.2) is 4.39 Å². The summed E-state index contributed by atoms with van der Waals surface area (Å²) >= 11 is 0. The number of benzene rings is 2. The number of carbonyl (C=O) groups excluding carboxylic acids is 1. The number of fused-ring (bicyclic) bond motifs is 1. The third-order valence-corrected chi connectivity index (χ3v) is 3.34. The van der Waals surface area contributed by atoms with Crippen LogP contribution in [0.5, 0.6) is 0 Å². The van der Waals surface area contributed by atoms with Crippen LogP contribution < -0.4 is 4.90 Å². The maximum atomic E-state index is 13.8. The zero-order chi connectivity index (χ0) is 14.1. The average molecular weight is 268 g/mol. The van der Waals surface area contributed by atoms with E-state index in [1.807, 2.05) is 24.3 Å². The van der Waals surface area contributed by atoms with Crippen LogP contribution in [0.3, 0.4) is 0 Å². The summed E-state index contributed by atoms with van der Waals surface area (Å²) in [5.74, 6) is -0.657. The number of aromatic amines is 1. The van der Waals surface area contributed by atoms with Crippen LogP contribution in [-0.4, -0.2) is 17.9 Å². The Morgan fingerprint density at radius 2 is 1.80 bits per heavy atom. The van der Waals surface area contributed by atoms with Gasteiger partial charge < -0.3 is 9.88 Å². The predicted octanol–water partition coefficient (Wildman–Crippen LogP) is 3.58. The number of hydrogen-bond acceptors (Lipinski definition) is 1. The summed E-state index contributed by atoms with van der Waals surface area (Å²) in [6, 6.07) is 13.8. The molecule has 3 aromatic rings. The van der Waals surface area contributed by atoms with Crippen LogP contribution in [0.4, 0.5) is 10.1 Å². The minimum absolute atomic E-state index is 0.243. The molecule has 0 saturated heterocycles. The first-order valence-electron chi connectivity index (χ1n) is 6.27. The molecule has 3 nitrogen and oxygen atoms in total. The van der Waals surface area contributed by atoms with E-state index in [1.54, 1.807) is 31.4 Å². The highest BCUT2D eigenvalue weighted by molar-refractivity contribution is 6.13. The topological polar surface area (TPSA) is 36.1 Å². The molecule has 1 N–H and O–H groups in total. The van der Waals surface area contributed by atoms with Crippen molar-refractivity contribution < 1.29 is 9.18 Å². The van der Waals surface area contributed by atoms with Gasteiger partial charge in [-0.15, -0.1) is 0 Å². The molecule has 0 fully saturated rings. The Balaban J connectivity index is 2.03. The lowest BCUT2D eigenvalue weighted by Crippen LogP contribution is -2.26. The van der Waals surface area contributed by atoms with E-state index in [9.17, 15) is 9.18 Å². The Kier molecular flexibility index (Phi) is 2.99. The van der Waals surface area contributed by atoms with Crippen molar-refractivity contribution in [1.82, 2.24) is 4.98 Å². The van der Waals surface area contributed by atoms with Gasteiger partial charge in [0.15, 0.2) is 0 Å². The lowest BCUT2D eigenvalue weighted by molar-refractivity contribution is 0.0994. The van der Waals surface area contributed by atoms with E-state index in [0.717, 1.165) is 10.9 Å². The maximum Gasteiger partial charge on any atom is 0.260 e. The lowest BCUT2D eigenvalue weighted by Gasteiger charge is -2.17. The van der Waals surface area contributed by atoms with E-state index < -0.39 is 5.82 Å². The number of aromatic nitrogens is 1. The van der Waals surface area contributed by atoms with Gasteiger partial charge in [0.1, 0.15) is 5.82 Å². The van der Waals surface area contributed by atoms with Crippen molar-refractivity contribution in [3.05, 3.63) is 66.1 Å². The molecule has 0 aliphatic rings. The molecule has 0 aliphatic heterocycles. The molecule has 0 radical (unpaired) electrons. The fraction of sp³-hybridized carbons (Fsp3) is 0.0625. The fourth-order valence-electron chi connectivity index (χ4n) is 2.26. The van der Waals surface area contributed by atoms with Crippen LogP contribution in [-0.2, 0) is 0 Å². The lowest BCUT2D eigenvalue weighted by atomic mass is 10.1. The van der Waals surface area contributed by atoms with Crippen molar-refractivity contribution in [2.75, 3.05) is 11.9 Å². The molecule has 3 rings (SSSR count). The van der Waals surface area contributed by atoms with E-state index >= 15 is 0 Å². The highest BCUT2D eigenvalue weighted by atomic mass is 19.1. The number of rotatable bonds is 2. The van der Waals surface area contributed by atoms with E-state index in [0.29, 0.717) is 5.56 Å². The van der Waals surface area contributed by atoms with Crippen LogP contribution in [0.1, 0.15) is 10.4 Å². The van der Waals surface area contributed by atoms with Crippen LogP contribution in [0, 0.1) is 5.82 Å². The number of amides is 1. The molecular formula is C16H13FN2O. The first-order valence-corrected chi connectivity index (χ1v) is 6.27. The minimum atomic E-state index is -0.414. The molecule has 1 heterocycles. The van der Waals surface area contributed by atoms with Gasteiger partial charge in [0, 0.05) is 24.1 Å². The van der Waals surface area contributed by atoms with Crippen LogP contribution >= 0.6 is 0 Å². The summed E-state index contributed by atoms with van der Waals surface area (Å²) in [6.45, 7) is 0. The second-order valence-corrected chi connectivity index (χ2v) is 4.56. The average Bonchev–Trinajstić information content (AvgIpc) is 2.90. The smallest absolute Gasteiger partial charge is 0.260 e. The molecule has 0 unspecified atom stereocenters. The van der Waals surface area contributed by atoms with Crippen LogP contribution in [0.25, 0.3) is 10.9 Å². The third kappa shape index (κ3) is 1.95. The highest BCUT2D eigenvalue weighted by Gasteiger charge is 2.19. The molecule has 1 aromatic heterocycles. The Bertz CT molecular complexity index is 779. The van der Waals surface area contributed by atoms with Crippen molar-refractivity contribution in [3.8, 4) is 0 Å². The normalized spacial score (nSPS) is 10.7. The number of nitrogens with one attached hydrogen (secondary N) is 1. The molecule has 0 saturated carbocycles. The first kappa shape index (κ1) is 12.4. The van der Waals surface area contributed by atoms with E-state index in [4.69, 9.17) is 0 Å². The molecule has 2 aromatic carbocycles. The van der Waals surface area contributed by atoms with Gasteiger partial charge in [-0.1, -0.05) is 30.3 Å². The second kappa shape index (κ2) is 4.81. The van der Waals surface area contributed by atoms with E-state index in [-0.39, 0.29) is 11.6 Å². The maximum absolute atomic E-state index is 13.8. The van der Waals surface area contributed by atoms with Gasteiger partial charge in [-0.05, 0) is 18.2 Å². The summed E-state index contributed by atoms with van der Waals surface area (Å²) in [7, 11) is 1.57. The highest BCUT2D eigenvalue weighted by Crippen LogP contribution is 2.23. The summed E-state index contributed by atoms with van der Waals surface area (Å²) in [5, 5.41) is 0.834. The zero-order valence-corrected chi connectivity index (χ0v) is 10.9. The third-order valence-electron chi connectivity index (χ3n) is 3.34. The quantitative estimate of drug-likeness (QED) is 0.757. The molecule has 0 bridgehead atoms. The van der Waals surface area contributed by atoms with Crippen molar-refractivity contribution in [2.45, 2.75) is 0 Å². The van der Waals surface area contributed by atoms with Gasteiger partial charge in [0.2, 0.25) is 0 Å². The Morgan fingerprint density at radius 3 is 2.60 bits per heavy atom. The van der Waals surface area contributed by atoms with Crippen molar-refractivity contribution in [1.29, 1.82) is 0 Å². The van der Waals surface area contributed by atoms with Gasteiger partial charge in [-0.2, -0.15) is 0 Å². The number of carbonyl (C=O) groups is 1. The molecule has 0 atom stereocenters.